The Kier molecular flexibility index (Phi) is 5.35. The van der Waals surface area contributed by atoms with E-state index in [0.29, 0.717) is 16.0 Å². The molecule has 2 aromatic carbocycles. The molecule has 8 heteroatoms. The van der Waals surface area contributed by atoms with Crippen molar-refractivity contribution < 1.29 is 4.79 Å². The van der Waals surface area contributed by atoms with Crippen molar-refractivity contribution in [1.29, 1.82) is 0 Å². The van der Waals surface area contributed by atoms with Crippen LogP contribution in [0.4, 0.5) is 5.82 Å². The van der Waals surface area contributed by atoms with E-state index in [0.717, 1.165) is 28.1 Å². The minimum atomic E-state index is -0.335. The summed E-state index contributed by atoms with van der Waals surface area (Å²) in [7, 11) is 0. The third-order valence-electron chi connectivity index (χ3n) is 5.41. The highest BCUT2D eigenvalue weighted by Gasteiger charge is 2.16. The molecule has 0 bridgehead atoms. The number of aryl methyl sites for hydroxylation is 2. The monoisotopic (exact) mass is 455 g/mol. The molecule has 164 valence electrons. The minimum absolute atomic E-state index is 0.142. The van der Waals surface area contributed by atoms with Crippen molar-refractivity contribution >= 4 is 33.3 Å². The van der Waals surface area contributed by atoms with E-state index >= 15 is 0 Å². The van der Waals surface area contributed by atoms with Crippen LogP contribution in [-0.2, 0) is 11.3 Å². The lowest BCUT2D eigenvalue weighted by molar-refractivity contribution is -0.116. The Morgan fingerprint density at radius 1 is 1.06 bits per heavy atom. The van der Waals surface area contributed by atoms with Crippen molar-refractivity contribution in [1.82, 2.24) is 19.3 Å². The largest absolute Gasteiger partial charge is 0.309 e. The SMILES string of the molecule is Cc1ccc(C)c(-c2cc(NC(=O)Cn3cnc4sccc4c3=O)n(-c3ccccc3)n2)c1. The quantitative estimate of drug-likeness (QED) is 0.421. The van der Waals surface area contributed by atoms with Gasteiger partial charge in [-0.25, -0.2) is 9.67 Å². The highest BCUT2D eigenvalue weighted by Crippen LogP contribution is 2.28. The molecular formula is C25H21N5O2S. The molecule has 0 aliphatic heterocycles. The number of benzene rings is 2. The molecule has 1 N–H and O–H groups in total. The number of aromatic nitrogens is 4. The van der Waals surface area contributed by atoms with Crippen molar-refractivity contribution in [2.45, 2.75) is 20.4 Å². The molecule has 0 saturated heterocycles. The average Bonchev–Trinajstić information content (AvgIpc) is 3.46. The van der Waals surface area contributed by atoms with E-state index in [2.05, 4.69) is 28.5 Å². The van der Waals surface area contributed by atoms with Gasteiger partial charge in [-0.2, -0.15) is 5.10 Å². The lowest BCUT2D eigenvalue weighted by Gasteiger charge is -2.09. The number of fused-ring (bicyclic) bond motifs is 1. The smallest absolute Gasteiger partial charge is 0.262 e. The zero-order chi connectivity index (χ0) is 22.9. The molecule has 0 atom stereocenters. The number of anilines is 1. The first-order chi connectivity index (χ1) is 16.0. The first-order valence-electron chi connectivity index (χ1n) is 10.5. The maximum absolute atomic E-state index is 12.9. The second-order valence-corrected chi connectivity index (χ2v) is 8.74. The van der Waals surface area contributed by atoms with Gasteiger partial charge in [-0.3, -0.25) is 14.2 Å². The minimum Gasteiger partial charge on any atom is -0.309 e. The summed E-state index contributed by atoms with van der Waals surface area (Å²) in [6.45, 7) is 3.93. The standard InChI is InChI=1S/C25H21N5O2S/c1-16-8-9-17(2)20(12-16)21-13-22(30(28-21)18-6-4-3-5-7-18)27-23(31)14-29-15-26-24-19(25(29)32)10-11-33-24/h3-13,15H,14H2,1-2H3,(H,27,31). The van der Waals surface area contributed by atoms with E-state index < -0.39 is 0 Å². The zero-order valence-corrected chi connectivity index (χ0v) is 19.0. The summed E-state index contributed by atoms with van der Waals surface area (Å²) in [6.07, 6.45) is 1.41. The lowest BCUT2D eigenvalue weighted by atomic mass is 10.0. The van der Waals surface area contributed by atoms with Gasteiger partial charge < -0.3 is 5.32 Å². The van der Waals surface area contributed by atoms with Gasteiger partial charge in [0.15, 0.2) is 0 Å². The van der Waals surface area contributed by atoms with Gasteiger partial charge >= 0.3 is 0 Å². The van der Waals surface area contributed by atoms with Crippen LogP contribution >= 0.6 is 11.3 Å². The molecule has 7 nitrogen and oxygen atoms in total. The van der Waals surface area contributed by atoms with E-state index in [4.69, 9.17) is 5.10 Å². The Bertz CT molecular complexity index is 1530. The zero-order valence-electron chi connectivity index (χ0n) is 18.1. The summed E-state index contributed by atoms with van der Waals surface area (Å²) in [5.74, 6) is 0.192. The second-order valence-electron chi connectivity index (χ2n) is 7.85. The number of para-hydroxylation sites is 1. The van der Waals surface area contributed by atoms with Gasteiger partial charge in [-0.15, -0.1) is 11.3 Å². The molecule has 33 heavy (non-hydrogen) atoms. The lowest BCUT2D eigenvalue weighted by Crippen LogP contribution is -2.28. The van der Waals surface area contributed by atoms with Gasteiger partial charge in [0, 0.05) is 11.6 Å². The number of hydrogen-bond acceptors (Lipinski definition) is 5. The van der Waals surface area contributed by atoms with Crippen LogP contribution in [0.5, 0.6) is 0 Å². The van der Waals surface area contributed by atoms with Crippen molar-refractivity contribution in [3.8, 4) is 16.9 Å². The predicted octanol–water partition coefficient (Wildman–Crippen LogP) is 4.57. The molecule has 1 amide bonds. The number of amides is 1. The Labute approximate surface area is 194 Å². The van der Waals surface area contributed by atoms with Gasteiger partial charge in [0.1, 0.15) is 17.2 Å². The van der Waals surface area contributed by atoms with Crippen molar-refractivity contribution in [3.05, 3.63) is 93.9 Å². The van der Waals surface area contributed by atoms with Crippen LogP contribution in [0.3, 0.4) is 0 Å². The molecule has 5 aromatic rings. The number of carbonyl (C=O) groups is 1. The van der Waals surface area contributed by atoms with E-state index in [1.807, 2.05) is 55.6 Å². The third-order valence-corrected chi connectivity index (χ3v) is 6.23. The molecule has 0 unspecified atom stereocenters. The fourth-order valence-electron chi connectivity index (χ4n) is 3.72. The number of nitrogens with one attached hydrogen (secondary N) is 1. The maximum Gasteiger partial charge on any atom is 0.262 e. The van der Waals surface area contributed by atoms with Crippen molar-refractivity contribution in [2.24, 2.45) is 0 Å². The molecule has 0 fully saturated rings. The number of carbonyl (C=O) groups excluding carboxylic acids is 1. The molecule has 0 aliphatic carbocycles. The molecule has 0 aliphatic rings. The molecule has 3 aromatic heterocycles. The van der Waals surface area contributed by atoms with E-state index in [1.165, 1.54) is 22.2 Å². The summed E-state index contributed by atoms with van der Waals surface area (Å²) < 4.78 is 3.03. The predicted molar refractivity (Wildman–Crippen MR) is 131 cm³/mol. The molecule has 0 radical (unpaired) electrons. The molecule has 3 heterocycles. The van der Waals surface area contributed by atoms with Gasteiger partial charge in [0.2, 0.25) is 5.91 Å². The summed E-state index contributed by atoms with van der Waals surface area (Å²) in [4.78, 5) is 30.5. The molecule has 0 saturated carbocycles. The molecule has 0 spiro atoms. The highest BCUT2D eigenvalue weighted by molar-refractivity contribution is 7.16. The van der Waals surface area contributed by atoms with Crippen molar-refractivity contribution in [2.75, 3.05) is 5.32 Å². The number of rotatable bonds is 5. The van der Waals surface area contributed by atoms with Gasteiger partial charge in [-0.05, 0) is 49.1 Å². The Morgan fingerprint density at radius 2 is 1.88 bits per heavy atom. The van der Waals surface area contributed by atoms with Gasteiger partial charge in [-0.1, -0.05) is 35.9 Å². The Morgan fingerprint density at radius 3 is 2.70 bits per heavy atom. The number of nitrogens with zero attached hydrogens (tertiary/aromatic N) is 4. The summed E-state index contributed by atoms with van der Waals surface area (Å²) in [6, 6.07) is 19.4. The van der Waals surface area contributed by atoms with Crippen LogP contribution in [0.1, 0.15) is 11.1 Å². The van der Waals surface area contributed by atoms with E-state index in [9.17, 15) is 9.59 Å². The first kappa shape index (κ1) is 20.8. The normalized spacial score (nSPS) is 11.1. The molecular weight excluding hydrogens is 434 g/mol. The average molecular weight is 456 g/mol. The summed E-state index contributed by atoms with van der Waals surface area (Å²) in [5, 5.41) is 10.0. The third kappa shape index (κ3) is 4.08. The fourth-order valence-corrected chi connectivity index (χ4v) is 4.45. The van der Waals surface area contributed by atoms with Crippen LogP contribution in [-0.4, -0.2) is 25.2 Å². The number of thiophene rings is 1. The van der Waals surface area contributed by atoms with E-state index in [1.54, 1.807) is 10.7 Å². The van der Waals surface area contributed by atoms with Crippen LogP contribution < -0.4 is 10.9 Å². The van der Waals surface area contributed by atoms with Crippen molar-refractivity contribution in [3.63, 3.8) is 0 Å². The van der Waals surface area contributed by atoms with Gasteiger partial charge in [0.25, 0.3) is 5.56 Å². The van der Waals surface area contributed by atoms with Gasteiger partial charge in [0.05, 0.1) is 23.1 Å². The summed E-state index contributed by atoms with van der Waals surface area (Å²) >= 11 is 1.40. The Balaban J connectivity index is 1.50. The van der Waals surface area contributed by atoms with Crippen LogP contribution in [0.2, 0.25) is 0 Å². The van der Waals surface area contributed by atoms with Crippen LogP contribution in [0, 0.1) is 13.8 Å². The maximum atomic E-state index is 12.9. The van der Waals surface area contributed by atoms with E-state index in [-0.39, 0.29) is 18.0 Å². The Hall–Kier alpha value is -4.04. The van der Waals surface area contributed by atoms with Crippen LogP contribution in [0.15, 0.2) is 77.2 Å². The van der Waals surface area contributed by atoms with Crippen LogP contribution in [0.25, 0.3) is 27.2 Å². The topological polar surface area (TPSA) is 81.8 Å². The second kappa shape index (κ2) is 8.48. The first-order valence-corrected chi connectivity index (χ1v) is 11.3. The fraction of sp³-hybridized carbons (Fsp3) is 0.120. The molecule has 5 rings (SSSR count). The number of hydrogen-bond donors (Lipinski definition) is 1. The highest BCUT2D eigenvalue weighted by atomic mass is 32.1. The summed E-state index contributed by atoms with van der Waals surface area (Å²) in [5.41, 5.74) is 4.58.